The Hall–Kier alpha value is -4.70. The van der Waals surface area contributed by atoms with E-state index >= 15 is 0 Å². The normalized spacial score (nSPS) is 12.0. The largest absolute Gasteiger partial charge is 0.454 e. The summed E-state index contributed by atoms with van der Waals surface area (Å²) in [5.74, 6) is 1.63. The second-order valence-electron chi connectivity index (χ2n) is 11.9. The molecule has 0 unspecified atom stereocenters. The van der Waals surface area contributed by atoms with Gasteiger partial charge >= 0.3 is 0 Å². The van der Waals surface area contributed by atoms with Crippen LogP contribution in [-0.2, 0) is 6.54 Å². The molecule has 0 spiro atoms. The van der Waals surface area contributed by atoms with Crippen LogP contribution in [0.5, 0.6) is 0 Å². The Bertz CT molecular complexity index is 2050. The Kier molecular flexibility index (Phi) is 6.42. The maximum Gasteiger partial charge on any atom is 0.164 e. The van der Waals surface area contributed by atoms with Crippen molar-refractivity contribution in [2.75, 3.05) is 0 Å². The maximum absolute atomic E-state index is 6.49. The molecule has 0 amide bonds. The van der Waals surface area contributed by atoms with Crippen LogP contribution in [0.3, 0.4) is 0 Å². The molecular weight excluding hydrogens is 514 g/mol. The van der Waals surface area contributed by atoms with Crippen molar-refractivity contribution in [3.05, 3.63) is 119 Å². The number of para-hydroxylation sites is 2. The topological polar surface area (TPSA) is 43.9 Å². The van der Waals surface area contributed by atoms with Crippen molar-refractivity contribution in [1.29, 1.82) is 0 Å². The second-order valence-corrected chi connectivity index (χ2v) is 11.9. The third-order valence-corrected chi connectivity index (χ3v) is 8.47. The van der Waals surface area contributed by atoms with E-state index in [4.69, 9.17) is 14.4 Å². The van der Waals surface area contributed by atoms with Gasteiger partial charge in [0.2, 0.25) is 0 Å². The van der Waals surface area contributed by atoms with Crippen LogP contribution in [-0.4, -0.2) is 14.5 Å². The summed E-state index contributed by atoms with van der Waals surface area (Å²) in [6.07, 6.45) is 1.89. The lowest BCUT2D eigenvalue weighted by Gasteiger charge is -2.23. The van der Waals surface area contributed by atoms with E-state index in [2.05, 4.69) is 112 Å². The smallest absolute Gasteiger partial charge is 0.164 e. The fourth-order valence-corrected chi connectivity index (χ4v) is 6.37. The van der Waals surface area contributed by atoms with Crippen LogP contribution in [0.4, 0.5) is 0 Å². The molecule has 0 aliphatic carbocycles. The zero-order valence-electron chi connectivity index (χ0n) is 24.8. The van der Waals surface area contributed by atoms with Crippen molar-refractivity contribution in [3.63, 3.8) is 0 Å². The summed E-state index contributed by atoms with van der Waals surface area (Å²) in [6, 6.07) is 32.2. The summed E-state index contributed by atoms with van der Waals surface area (Å²) < 4.78 is 8.87. The Labute approximate surface area is 246 Å². The van der Waals surface area contributed by atoms with Crippen LogP contribution in [0.1, 0.15) is 61.8 Å². The standard InChI is InChI=1S/C38H35N3O/c1-23(2)29-20-27(26-13-7-6-8-14-26)21-30(24(3)4)31(29)22-41-33-16-10-9-15-32(33)40-38(41)28-18-19-39-36-35-25(5)12-11-17-34(35)42-37(28)36/h6-21,23-24H,22H2,1-5H3. The van der Waals surface area contributed by atoms with Gasteiger partial charge in [-0.25, -0.2) is 4.98 Å². The van der Waals surface area contributed by atoms with Crippen molar-refractivity contribution >= 4 is 33.1 Å². The highest BCUT2D eigenvalue weighted by Gasteiger charge is 2.23. The molecule has 4 aromatic carbocycles. The molecule has 0 saturated heterocycles. The number of hydrogen-bond donors (Lipinski definition) is 0. The average Bonchev–Trinajstić information content (AvgIpc) is 3.56. The molecule has 3 heterocycles. The lowest BCUT2D eigenvalue weighted by molar-refractivity contribution is 0.667. The summed E-state index contributed by atoms with van der Waals surface area (Å²) >= 11 is 0. The van der Waals surface area contributed by atoms with Gasteiger partial charge in [-0.15, -0.1) is 0 Å². The number of rotatable bonds is 6. The molecule has 4 nitrogen and oxygen atoms in total. The Morgan fingerprint density at radius 2 is 1.48 bits per heavy atom. The minimum absolute atomic E-state index is 0.366. The minimum Gasteiger partial charge on any atom is -0.454 e. The quantitative estimate of drug-likeness (QED) is 0.207. The van der Waals surface area contributed by atoms with Crippen LogP contribution in [0.15, 0.2) is 102 Å². The number of nitrogens with zero attached hydrogens (tertiary/aromatic N) is 3. The van der Waals surface area contributed by atoms with Gasteiger partial charge in [0.25, 0.3) is 0 Å². The molecule has 0 aliphatic rings. The Morgan fingerprint density at radius 3 is 2.21 bits per heavy atom. The first-order chi connectivity index (χ1) is 20.4. The molecule has 7 rings (SSSR count). The number of aryl methyl sites for hydroxylation is 1. The van der Waals surface area contributed by atoms with Gasteiger partial charge in [-0.3, -0.25) is 4.98 Å². The second kappa shape index (κ2) is 10.3. The van der Waals surface area contributed by atoms with E-state index in [1.807, 2.05) is 24.4 Å². The van der Waals surface area contributed by atoms with Crippen LogP contribution < -0.4 is 0 Å². The van der Waals surface area contributed by atoms with E-state index in [0.717, 1.165) is 56.6 Å². The van der Waals surface area contributed by atoms with Crippen LogP contribution >= 0.6 is 0 Å². The molecule has 0 atom stereocenters. The summed E-state index contributed by atoms with van der Waals surface area (Å²) in [4.78, 5) is 9.98. The molecule has 42 heavy (non-hydrogen) atoms. The van der Waals surface area contributed by atoms with Gasteiger partial charge in [-0.2, -0.15) is 0 Å². The lowest BCUT2D eigenvalue weighted by atomic mass is 9.85. The van der Waals surface area contributed by atoms with Gasteiger partial charge < -0.3 is 8.98 Å². The number of hydrogen-bond acceptors (Lipinski definition) is 3. The fraction of sp³-hybridized carbons (Fsp3) is 0.211. The van der Waals surface area contributed by atoms with E-state index < -0.39 is 0 Å². The van der Waals surface area contributed by atoms with Gasteiger partial charge in [-0.1, -0.05) is 94.4 Å². The van der Waals surface area contributed by atoms with Crippen molar-refractivity contribution in [2.45, 2.75) is 53.0 Å². The van der Waals surface area contributed by atoms with Crippen molar-refractivity contribution in [3.8, 4) is 22.5 Å². The van der Waals surface area contributed by atoms with Crippen LogP contribution in [0.25, 0.3) is 55.6 Å². The highest BCUT2D eigenvalue weighted by molar-refractivity contribution is 6.08. The monoisotopic (exact) mass is 549 g/mol. The number of pyridine rings is 1. The Morgan fingerprint density at radius 1 is 0.762 bits per heavy atom. The molecular formula is C38H35N3O. The number of aromatic nitrogens is 3. The molecule has 0 N–H and O–H groups in total. The van der Waals surface area contributed by atoms with Gasteiger partial charge in [0.1, 0.15) is 16.9 Å². The van der Waals surface area contributed by atoms with Gasteiger partial charge in [-0.05, 0) is 76.4 Å². The first kappa shape index (κ1) is 26.2. The van der Waals surface area contributed by atoms with Gasteiger partial charge in [0, 0.05) is 11.6 Å². The summed E-state index contributed by atoms with van der Waals surface area (Å²) in [5.41, 5.74) is 13.4. The van der Waals surface area contributed by atoms with E-state index in [9.17, 15) is 0 Å². The predicted octanol–water partition coefficient (Wildman–Crippen LogP) is 10.3. The van der Waals surface area contributed by atoms with Crippen molar-refractivity contribution in [1.82, 2.24) is 14.5 Å². The number of furan rings is 1. The van der Waals surface area contributed by atoms with Crippen molar-refractivity contribution < 1.29 is 4.42 Å². The highest BCUT2D eigenvalue weighted by atomic mass is 16.3. The maximum atomic E-state index is 6.49. The molecule has 3 aromatic heterocycles. The van der Waals surface area contributed by atoms with E-state index in [0.29, 0.717) is 11.8 Å². The van der Waals surface area contributed by atoms with E-state index in [1.165, 1.54) is 27.8 Å². The lowest BCUT2D eigenvalue weighted by Crippen LogP contribution is -2.11. The first-order valence-corrected chi connectivity index (χ1v) is 14.8. The minimum atomic E-state index is 0.366. The summed E-state index contributed by atoms with van der Waals surface area (Å²) in [5, 5.41) is 1.07. The number of benzene rings is 4. The third-order valence-electron chi connectivity index (χ3n) is 8.47. The number of imidazole rings is 1. The highest BCUT2D eigenvalue weighted by Crippen LogP contribution is 2.39. The van der Waals surface area contributed by atoms with Crippen LogP contribution in [0.2, 0.25) is 0 Å². The van der Waals surface area contributed by atoms with Crippen LogP contribution in [0, 0.1) is 6.92 Å². The van der Waals surface area contributed by atoms with Gasteiger partial charge in [0.15, 0.2) is 5.58 Å². The molecule has 0 aliphatic heterocycles. The molecule has 0 saturated carbocycles. The molecule has 7 aromatic rings. The summed E-state index contributed by atoms with van der Waals surface area (Å²) in [7, 11) is 0. The third kappa shape index (κ3) is 4.30. The van der Waals surface area contributed by atoms with E-state index in [-0.39, 0.29) is 0 Å². The number of fused-ring (bicyclic) bond motifs is 4. The fourth-order valence-electron chi connectivity index (χ4n) is 6.37. The summed E-state index contributed by atoms with van der Waals surface area (Å²) in [6.45, 7) is 12.0. The first-order valence-electron chi connectivity index (χ1n) is 14.8. The molecule has 4 heteroatoms. The van der Waals surface area contributed by atoms with Gasteiger partial charge in [0.05, 0.1) is 23.1 Å². The zero-order chi connectivity index (χ0) is 29.0. The predicted molar refractivity (Wildman–Crippen MR) is 174 cm³/mol. The zero-order valence-corrected chi connectivity index (χ0v) is 24.8. The molecule has 0 fully saturated rings. The van der Waals surface area contributed by atoms with Crippen molar-refractivity contribution in [2.24, 2.45) is 0 Å². The average molecular weight is 550 g/mol. The Balaban J connectivity index is 1.48. The molecule has 208 valence electrons. The SMILES string of the molecule is Cc1cccc2oc3c(-c4nc5ccccc5n4Cc4c(C(C)C)cc(-c5ccccc5)cc4C(C)C)ccnc3c12. The van der Waals surface area contributed by atoms with E-state index in [1.54, 1.807) is 0 Å². The molecule has 0 radical (unpaired) electrons. The molecule has 0 bridgehead atoms.